The second-order valence-electron chi connectivity index (χ2n) is 6.39. The van der Waals surface area contributed by atoms with Crippen LogP contribution in [0.15, 0.2) is 5.38 Å². The topological polar surface area (TPSA) is 68.5 Å². The van der Waals surface area contributed by atoms with Gasteiger partial charge in [-0.25, -0.2) is 4.98 Å². The number of aromatic nitrogens is 1. The van der Waals surface area contributed by atoms with Crippen molar-refractivity contribution in [2.24, 2.45) is 5.73 Å². The zero-order valence-electron chi connectivity index (χ0n) is 14.0. The largest absolute Gasteiger partial charge is 0.381 e. The fourth-order valence-electron chi connectivity index (χ4n) is 3.30. The van der Waals surface area contributed by atoms with Crippen molar-refractivity contribution >= 4 is 42.1 Å². The predicted octanol–water partition coefficient (Wildman–Crippen LogP) is 2.76. The summed E-state index contributed by atoms with van der Waals surface area (Å²) in [6.45, 7) is 4.88. The average molecular weight is 396 g/mol. The van der Waals surface area contributed by atoms with Crippen LogP contribution in [0.4, 0.5) is 0 Å². The van der Waals surface area contributed by atoms with Crippen molar-refractivity contribution in [3.63, 3.8) is 0 Å². The number of hydrogen-bond donors (Lipinski definition) is 1. The Balaban J connectivity index is 0.00000144. The Morgan fingerprint density at radius 2 is 2.17 bits per heavy atom. The molecular formula is C16H27Cl2N3O2S. The number of halogens is 2. The van der Waals surface area contributed by atoms with Gasteiger partial charge in [0.15, 0.2) is 0 Å². The van der Waals surface area contributed by atoms with Gasteiger partial charge in [0.25, 0.3) is 0 Å². The summed E-state index contributed by atoms with van der Waals surface area (Å²) in [6, 6.07) is 0. The molecule has 1 aromatic rings. The minimum Gasteiger partial charge on any atom is -0.381 e. The fraction of sp³-hybridized carbons (Fsp3) is 0.750. The molecule has 0 spiro atoms. The summed E-state index contributed by atoms with van der Waals surface area (Å²) in [7, 11) is 0. The molecule has 2 aliphatic heterocycles. The molecule has 0 aliphatic carbocycles. The number of carbonyl (C=O) groups excluding carboxylic acids is 1. The highest BCUT2D eigenvalue weighted by molar-refractivity contribution is 7.09. The van der Waals surface area contributed by atoms with Crippen LogP contribution < -0.4 is 5.73 Å². The highest BCUT2D eigenvalue weighted by Gasteiger charge is 2.40. The second-order valence-corrected chi connectivity index (χ2v) is 7.28. The van der Waals surface area contributed by atoms with Crippen LogP contribution in [-0.4, -0.2) is 47.6 Å². The van der Waals surface area contributed by atoms with Crippen LogP contribution in [0, 0.1) is 0 Å². The molecule has 1 amide bonds. The van der Waals surface area contributed by atoms with E-state index in [9.17, 15) is 4.79 Å². The third-order valence-corrected chi connectivity index (χ3v) is 5.86. The lowest BCUT2D eigenvalue weighted by Crippen LogP contribution is -2.59. The standard InChI is InChI=1S/C16H25N3O2S.2ClH/c1-2-13-11-22-14(18-13)12-4-3-7-19(10-12)15(20)16(17)5-8-21-9-6-16;;/h11-12H,2-10,17H2,1H3;2*1H. The van der Waals surface area contributed by atoms with Crippen LogP contribution in [0.1, 0.15) is 49.2 Å². The Bertz CT molecular complexity index is 535. The maximum Gasteiger partial charge on any atom is 0.242 e. The number of piperidine rings is 1. The first-order valence-electron chi connectivity index (χ1n) is 8.22. The normalized spacial score (nSPS) is 23.1. The highest BCUT2D eigenvalue weighted by atomic mass is 35.5. The van der Waals surface area contributed by atoms with Crippen molar-refractivity contribution in [1.29, 1.82) is 0 Å². The maximum atomic E-state index is 12.8. The number of nitrogens with two attached hydrogens (primary N) is 1. The van der Waals surface area contributed by atoms with Crippen molar-refractivity contribution in [1.82, 2.24) is 9.88 Å². The molecule has 24 heavy (non-hydrogen) atoms. The van der Waals surface area contributed by atoms with Gasteiger partial charge in [-0.05, 0) is 32.1 Å². The zero-order chi connectivity index (χ0) is 15.6. The molecule has 2 saturated heterocycles. The average Bonchev–Trinajstić information content (AvgIpc) is 3.04. The van der Waals surface area contributed by atoms with Gasteiger partial charge in [-0.3, -0.25) is 4.79 Å². The van der Waals surface area contributed by atoms with Gasteiger partial charge in [-0.1, -0.05) is 6.92 Å². The Labute approximate surface area is 160 Å². The molecule has 0 bridgehead atoms. The van der Waals surface area contributed by atoms with E-state index in [0.717, 1.165) is 38.0 Å². The molecule has 1 atom stereocenters. The quantitative estimate of drug-likeness (QED) is 0.853. The lowest BCUT2D eigenvalue weighted by Gasteiger charge is -2.40. The predicted molar refractivity (Wildman–Crippen MR) is 102 cm³/mol. The summed E-state index contributed by atoms with van der Waals surface area (Å²) in [5.74, 6) is 0.471. The highest BCUT2D eigenvalue weighted by Crippen LogP contribution is 2.31. The number of carbonyl (C=O) groups is 1. The summed E-state index contributed by atoms with van der Waals surface area (Å²) in [5, 5.41) is 3.31. The third-order valence-electron chi connectivity index (χ3n) is 4.80. The summed E-state index contributed by atoms with van der Waals surface area (Å²) in [6.07, 6.45) is 4.37. The van der Waals surface area contributed by atoms with Gasteiger partial charge in [0, 0.05) is 37.6 Å². The summed E-state index contributed by atoms with van der Waals surface area (Å²) >= 11 is 1.73. The monoisotopic (exact) mass is 395 g/mol. The van der Waals surface area contributed by atoms with Crippen molar-refractivity contribution in [3.05, 3.63) is 16.1 Å². The maximum absolute atomic E-state index is 12.8. The van der Waals surface area contributed by atoms with Crippen molar-refractivity contribution in [2.45, 2.75) is 50.5 Å². The van der Waals surface area contributed by atoms with E-state index >= 15 is 0 Å². The van der Waals surface area contributed by atoms with Crippen LogP contribution in [-0.2, 0) is 16.0 Å². The first-order chi connectivity index (χ1) is 10.6. The number of aryl methyl sites for hydroxylation is 1. The number of thiazole rings is 1. The van der Waals surface area contributed by atoms with Crippen molar-refractivity contribution < 1.29 is 9.53 Å². The Kier molecular flexibility index (Phi) is 8.42. The molecule has 1 unspecified atom stereocenters. The number of amides is 1. The van der Waals surface area contributed by atoms with Gasteiger partial charge < -0.3 is 15.4 Å². The lowest BCUT2D eigenvalue weighted by atomic mass is 9.88. The molecular weight excluding hydrogens is 369 g/mol. The summed E-state index contributed by atoms with van der Waals surface area (Å²) in [4.78, 5) is 19.5. The summed E-state index contributed by atoms with van der Waals surface area (Å²) in [5.41, 5.74) is 6.79. The lowest BCUT2D eigenvalue weighted by molar-refractivity contribution is -0.141. The van der Waals surface area contributed by atoms with E-state index in [1.54, 1.807) is 11.3 Å². The van der Waals surface area contributed by atoms with Gasteiger partial charge in [-0.2, -0.15) is 0 Å². The van der Waals surface area contributed by atoms with Gasteiger partial charge >= 0.3 is 0 Å². The van der Waals surface area contributed by atoms with E-state index in [1.165, 1.54) is 5.01 Å². The molecule has 2 fully saturated rings. The van der Waals surface area contributed by atoms with E-state index in [4.69, 9.17) is 15.5 Å². The van der Waals surface area contributed by atoms with Crippen LogP contribution >= 0.6 is 36.2 Å². The Morgan fingerprint density at radius 3 is 2.79 bits per heavy atom. The minimum absolute atomic E-state index is 0. The fourth-order valence-corrected chi connectivity index (χ4v) is 4.33. The molecule has 2 N–H and O–H groups in total. The molecule has 0 saturated carbocycles. The van der Waals surface area contributed by atoms with Crippen LogP contribution in [0.3, 0.4) is 0 Å². The Morgan fingerprint density at radius 1 is 1.46 bits per heavy atom. The molecule has 3 heterocycles. The van der Waals surface area contributed by atoms with Gasteiger partial charge in [0.05, 0.1) is 16.2 Å². The van der Waals surface area contributed by atoms with Gasteiger partial charge in [-0.15, -0.1) is 36.2 Å². The number of hydrogen-bond acceptors (Lipinski definition) is 5. The zero-order valence-corrected chi connectivity index (χ0v) is 16.5. The van der Waals surface area contributed by atoms with Crippen LogP contribution in [0.2, 0.25) is 0 Å². The van der Waals surface area contributed by atoms with Crippen molar-refractivity contribution in [3.8, 4) is 0 Å². The number of likely N-dealkylation sites (tertiary alicyclic amines) is 1. The van der Waals surface area contributed by atoms with E-state index < -0.39 is 5.54 Å². The molecule has 0 radical (unpaired) electrons. The van der Waals surface area contributed by atoms with E-state index in [-0.39, 0.29) is 30.7 Å². The molecule has 8 heteroatoms. The van der Waals surface area contributed by atoms with Crippen molar-refractivity contribution in [2.75, 3.05) is 26.3 Å². The number of ether oxygens (including phenoxy) is 1. The van der Waals surface area contributed by atoms with E-state index in [1.807, 2.05) is 4.90 Å². The Hall–Kier alpha value is -0.400. The summed E-state index contributed by atoms with van der Waals surface area (Å²) < 4.78 is 5.35. The second kappa shape index (κ2) is 9.34. The first-order valence-corrected chi connectivity index (χ1v) is 9.10. The minimum atomic E-state index is -0.725. The molecule has 138 valence electrons. The van der Waals surface area contributed by atoms with E-state index in [0.29, 0.717) is 32.0 Å². The first kappa shape index (κ1) is 21.6. The SMILES string of the molecule is CCc1csc(C2CCCN(C(=O)C3(N)CCOCC3)C2)n1.Cl.Cl. The van der Waals surface area contributed by atoms with Crippen LogP contribution in [0.25, 0.3) is 0 Å². The molecule has 1 aromatic heterocycles. The number of nitrogens with zero attached hydrogens (tertiary/aromatic N) is 2. The smallest absolute Gasteiger partial charge is 0.242 e. The van der Waals surface area contributed by atoms with Gasteiger partial charge in [0.2, 0.25) is 5.91 Å². The molecule has 2 aliphatic rings. The van der Waals surface area contributed by atoms with E-state index in [2.05, 4.69) is 12.3 Å². The van der Waals surface area contributed by atoms with Gasteiger partial charge in [0.1, 0.15) is 0 Å². The van der Waals surface area contributed by atoms with Crippen LogP contribution in [0.5, 0.6) is 0 Å². The molecule has 5 nitrogen and oxygen atoms in total. The molecule has 3 rings (SSSR count). The molecule has 0 aromatic carbocycles. The number of rotatable bonds is 3. The third kappa shape index (κ3) is 4.61.